The molecule has 11 N–H and O–H groups in total. The number of hydrogen-bond acceptors (Lipinski definition) is 17. The summed E-state index contributed by atoms with van der Waals surface area (Å²) < 4.78 is 31.2. The SMILES string of the molecule is CC(=O)Oc1cc(C)c2c(c1)C[C@H]1[C@@]2(C)CCC2C(C)(C)CCC[C@@]21C.CC(C)(C)OC(=O)NC(CC(=O)OCc1ccccc1)C(=O)O.CC(C)(C)OC(=O)NCC(=O)O.Cc1cc(O)cc2c1[C@]1(C)CCC3C(C)(C)CCC[C@]3(C)[C@H]1C2.Cc1cc(OC(=O)C([NH3+])CC(=O)[O-])cc2c1[C@]1(C)CCC3C(C)(C)CCC[C@]3(C)[C@H]1C2.Cc1cc(OC(=O)C[NH3+])cc2c1[C@]1(C)CCC3C(C)(C)CCC[C@]3(C)[C@H]1C2. The van der Waals surface area contributed by atoms with Crippen molar-refractivity contribution in [2.75, 3.05) is 13.1 Å². The van der Waals surface area contributed by atoms with Crippen LogP contribution in [0.1, 0.15) is 373 Å². The summed E-state index contributed by atoms with van der Waals surface area (Å²) >= 11 is 0. The van der Waals surface area contributed by atoms with E-state index in [4.69, 9.17) is 38.6 Å². The Morgan fingerprint density at radius 1 is 0.437 bits per heavy atom. The van der Waals surface area contributed by atoms with Crippen LogP contribution in [0.5, 0.6) is 23.0 Å². The molecule has 23 nitrogen and oxygen atoms in total. The van der Waals surface area contributed by atoms with E-state index >= 15 is 0 Å². The highest BCUT2D eigenvalue weighted by Gasteiger charge is 2.66. The molecule has 0 aromatic heterocycles. The van der Waals surface area contributed by atoms with E-state index < -0.39 is 84.7 Å². The summed E-state index contributed by atoms with van der Waals surface area (Å²) in [5.74, 6) is 2.79. The van der Waals surface area contributed by atoms with Crippen molar-refractivity contribution in [2.45, 2.75) is 405 Å². The molecule has 8 fully saturated rings. The third-order valence-electron chi connectivity index (χ3n) is 37.8. The minimum absolute atomic E-state index is 0.0401. The Balaban J connectivity index is 0.000000155. The number of hydrogen-bond donors (Lipinski definition) is 7. The van der Waals surface area contributed by atoms with Gasteiger partial charge in [0.05, 0.1) is 12.8 Å². The van der Waals surface area contributed by atoms with Crippen molar-refractivity contribution >= 4 is 54.0 Å². The number of esters is 4. The van der Waals surface area contributed by atoms with E-state index in [2.05, 4.69) is 191 Å². The number of aliphatic carboxylic acids is 3. The number of benzene rings is 5. The molecule has 18 atom stereocenters. The summed E-state index contributed by atoms with van der Waals surface area (Å²) in [5.41, 5.74) is 27.8. The third kappa shape index (κ3) is 23.1. The van der Waals surface area contributed by atoms with Crippen LogP contribution in [0.25, 0.3) is 0 Å². The van der Waals surface area contributed by atoms with Crippen LogP contribution in [0.4, 0.5) is 9.59 Å². The fraction of sp³-hybridized carbons (Fsp3) is 0.672. The Bertz CT molecular complexity index is 5540. The molecule has 0 spiro atoms. The van der Waals surface area contributed by atoms with Crippen LogP contribution in [-0.4, -0.2) is 106 Å². The molecular formula is C119H173N4O19+. The van der Waals surface area contributed by atoms with E-state index in [1.807, 2.05) is 24.3 Å². The lowest BCUT2D eigenvalue weighted by molar-refractivity contribution is -0.411. The molecule has 5 aromatic carbocycles. The molecular weight excluding hydrogens is 1790 g/mol. The van der Waals surface area contributed by atoms with E-state index in [1.165, 1.54) is 192 Å². The molecule has 142 heavy (non-hydrogen) atoms. The van der Waals surface area contributed by atoms with Gasteiger partial charge in [0.15, 0.2) is 12.6 Å². The molecule has 0 aliphatic heterocycles. The van der Waals surface area contributed by atoms with Gasteiger partial charge in [0, 0.05) is 12.9 Å². The van der Waals surface area contributed by atoms with Crippen LogP contribution in [0.15, 0.2) is 78.9 Å². The minimum Gasteiger partial charge on any atom is -0.550 e. The Kier molecular flexibility index (Phi) is 32.6. The molecule has 8 saturated carbocycles. The summed E-state index contributed by atoms with van der Waals surface area (Å²) in [4.78, 5) is 101. The molecule has 12 aliphatic carbocycles. The first-order valence-electron chi connectivity index (χ1n) is 53.0. The third-order valence-corrected chi connectivity index (χ3v) is 37.8. The zero-order valence-electron chi connectivity index (χ0n) is 91.1. The Hall–Kier alpha value is -9.35. The number of phenols is 1. The largest absolute Gasteiger partial charge is 0.550 e. The van der Waals surface area contributed by atoms with Gasteiger partial charge in [-0.3, -0.25) is 14.4 Å². The molecule has 0 radical (unpaired) electrons. The summed E-state index contributed by atoms with van der Waals surface area (Å²) in [6.07, 6.45) is 28.6. The van der Waals surface area contributed by atoms with Gasteiger partial charge < -0.3 is 75.7 Å². The van der Waals surface area contributed by atoms with Gasteiger partial charge >= 0.3 is 48.0 Å². The molecule has 0 bridgehead atoms. The second-order valence-corrected chi connectivity index (χ2v) is 51.7. The highest BCUT2D eigenvalue weighted by Crippen LogP contribution is 2.73. The van der Waals surface area contributed by atoms with Crippen molar-refractivity contribution in [3.8, 4) is 23.0 Å². The zero-order chi connectivity index (χ0) is 105. The average molecular weight is 1960 g/mol. The number of ether oxygens (including phenoxy) is 6. The van der Waals surface area contributed by atoms with E-state index in [-0.39, 0.29) is 41.3 Å². The maximum atomic E-state index is 12.3. The van der Waals surface area contributed by atoms with Crippen LogP contribution in [0.3, 0.4) is 0 Å². The number of nitrogens with one attached hydrogen (secondary N) is 2. The number of amides is 2. The van der Waals surface area contributed by atoms with Crippen molar-refractivity contribution < 1.29 is 103 Å². The summed E-state index contributed by atoms with van der Waals surface area (Å²) in [5, 5.41) is 42.3. The number of carbonyl (C=O) groups excluding carboxylic acids is 7. The molecule has 23 heteroatoms. The van der Waals surface area contributed by atoms with Gasteiger partial charge in [-0.05, 0) is 431 Å². The van der Waals surface area contributed by atoms with Crippen LogP contribution < -0.4 is 41.4 Å². The van der Waals surface area contributed by atoms with Crippen LogP contribution >= 0.6 is 0 Å². The van der Waals surface area contributed by atoms with Crippen molar-refractivity contribution in [2.24, 2.45) is 90.7 Å². The molecule has 0 heterocycles. The Morgan fingerprint density at radius 3 is 1.11 bits per heavy atom. The molecule has 2 amide bonds. The zero-order valence-corrected chi connectivity index (χ0v) is 91.1. The second-order valence-electron chi connectivity index (χ2n) is 51.7. The molecule has 0 saturated heterocycles. The van der Waals surface area contributed by atoms with E-state index in [0.717, 1.165) is 60.2 Å². The summed E-state index contributed by atoms with van der Waals surface area (Å²) in [7, 11) is 0. The number of aromatic hydroxyl groups is 1. The maximum absolute atomic E-state index is 12.3. The molecule has 12 aliphatic rings. The molecule has 6 unspecified atom stereocenters. The number of carbonyl (C=O) groups is 9. The first kappa shape index (κ1) is 111. The van der Waals surface area contributed by atoms with E-state index in [1.54, 1.807) is 82.5 Å². The minimum atomic E-state index is -1.41. The van der Waals surface area contributed by atoms with Gasteiger partial charge in [-0.2, -0.15) is 0 Å². The monoisotopic (exact) mass is 1960 g/mol. The smallest absolute Gasteiger partial charge is 0.408 e. The first-order chi connectivity index (χ1) is 65.7. The number of aryl methyl sites for hydroxylation is 4. The second kappa shape index (κ2) is 41.5. The van der Waals surface area contributed by atoms with Gasteiger partial charge in [0.1, 0.15) is 53.4 Å². The Labute approximate surface area is 846 Å². The summed E-state index contributed by atoms with van der Waals surface area (Å²) in [6, 6.07) is 23.0. The van der Waals surface area contributed by atoms with Crippen LogP contribution in [-0.2, 0) is 102 Å². The van der Waals surface area contributed by atoms with Crippen molar-refractivity contribution in [3.05, 3.63) is 151 Å². The fourth-order valence-electron chi connectivity index (χ4n) is 32.8. The number of phenolic OH excluding ortho intramolecular Hbond substituents is 1. The predicted molar refractivity (Wildman–Crippen MR) is 549 cm³/mol. The molecule has 17 rings (SSSR count). The predicted octanol–water partition coefficient (Wildman–Crippen LogP) is 21.3. The number of rotatable bonds is 15. The van der Waals surface area contributed by atoms with Crippen LogP contribution in [0.2, 0.25) is 0 Å². The lowest BCUT2D eigenvalue weighted by Gasteiger charge is -2.61. The lowest BCUT2D eigenvalue weighted by atomic mass is 9.43. The van der Waals surface area contributed by atoms with E-state index in [0.29, 0.717) is 83.7 Å². The van der Waals surface area contributed by atoms with Crippen molar-refractivity contribution in [1.82, 2.24) is 10.6 Å². The van der Waals surface area contributed by atoms with E-state index in [9.17, 15) is 53.4 Å². The lowest BCUT2D eigenvalue weighted by Crippen LogP contribution is -2.67. The molecule has 782 valence electrons. The van der Waals surface area contributed by atoms with Gasteiger partial charge in [-0.25, -0.2) is 24.0 Å². The molecule has 5 aromatic rings. The van der Waals surface area contributed by atoms with Gasteiger partial charge in [-0.15, -0.1) is 0 Å². The standard InChI is InChI=1S/C26H37NO4.C24H35NO2.C24H34O2.C22H32O.C16H21NO6.C7H13NO4/c1-15-11-17(31-23(30)18(27)14-21(28)29)12-16-13-20-25(4)9-6-8-24(2,3)19(25)7-10-26(20,5)22(15)16;1-15-11-17(27-20(26)14-25)12-16-13-19-23(4)9-6-8-22(2,3)18(23)7-10-24(19,5)21(15)16;1-15-12-18(26-16(2)25)13-17-14-20-23(5)10-7-9-22(3,4)19(23)8-11-24(20,6)21(15)17;1-14-11-16(23)12-15-13-18-21(4)9-6-8-20(2,3)17(21)7-10-22(18,5)19(14)15;1-16(2,3)23-15(21)17-12(14(19)20)9-13(18)22-10-11-7-5-4-6-8-11;1-7(2,3)12-6(11)8-4-5(9)10/h11-12,18-20H,6-10,13-14,27H2,1-5H3,(H,28,29);11-12,18-19H,6-10,13-14,25H2,1-5H3;12-13,19-20H,7-11,14H2,1-6H3;11-12,17-18,23H,6-10,13H2,1-5H3;4-8,12H,9-10H2,1-3H3,(H,17,21)(H,19,20);4H2,1-3H3,(H,8,11)(H,9,10)/p+1/t18?,19?,20-,25+,26-;18?,19-,23+,24-;19?,20-,23+,24-;17?,18-,21+,22-;;/m1111../s1. The van der Waals surface area contributed by atoms with Crippen molar-refractivity contribution in [1.29, 1.82) is 0 Å². The van der Waals surface area contributed by atoms with Gasteiger partial charge in [0.2, 0.25) is 0 Å². The Morgan fingerprint density at radius 2 is 0.775 bits per heavy atom. The number of carboxylic acids is 3. The highest BCUT2D eigenvalue weighted by atomic mass is 16.6. The first-order valence-corrected chi connectivity index (χ1v) is 53.0. The number of alkyl carbamates (subject to hydrolysis) is 2. The maximum Gasteiger partial charge on any atom is 0.408 e. The number of fused-ring (bicyclic) bond motifs is 20. The highest BCUT2D eigenvalue weighted by molar-refractivity contribution is 5.85. The quantitative estimate of drug-likeness (QED) is 0.0291. The van der Waals surface area contributed by atoms with Gasteiger partial charge in [0.25, 0.3) is 0 Å². The average Bonchev–Trinajstić information content (AvgIpc) is 1.51. The number of quaternary nitrogens is 2. The number of carboxylic acid groups (broad SMARTS) is 3. The normalized spacial score (nSPS) is 30.8. The van der Waals surface area contributed by atoms with Crippen molar-refractivity contribution in [3.63, 3.8) is 0 Å². The van der Waals surface area contributed by atoms with Gasteiger partial charge in [-0.1, -0.05) is 167 Å². The topological polar surface area (TPSA) is 372 Å². The van der Waals surface area contributed by atoms with Crippen LogP contribution in [0, 0.1) is 118 Å². The fourth-order valence-corrected chi connectivity index (χ4v) is 32.8. The summed E-state index contributed by atoms with van der Waals surface area (Å²) in [6.45, 7) is 60.3.